The number of halogens is 6. The Kier molecular flexibility index (Phi) is 4.27. The lowest BCUT2D eigenvalue weighted by Crippen LogP contribution is -2.39. The molecule has 0 aliphatic heterocycles. The van der Waals surface area contributed by atoms with E-state index < -0.39 is 24.8 Å². The minimum absolute atomic E-state index is 0.378. The Morgan fingerprint density at radius 2 is 1.67 bits per heavy atom. The molecular formula is C16H16F6N2. The number of para-hydroxylation sites is 1. The summed E-state index contributed by atoms with van der Waals surface area (Å²) in [7, 11) is 0. The van der Waals surface area contributed by atoms with Crippen molar-refractivity contribution in [2.24, 2.45) is 5.92 Å². The van der Waals surface area contributed by atoms with E-state index in [0.29, 0.717) is 29.1 Å². The molecule has 0 saturated heterocycles. The normalized spacial score (nSPS) is 16.3. The SMILES string of the molecule is FC(F)(F)C(Cn1cc(CNC2CC2)c2ccccc21)C(F)(F)F. The Morgan fingerprint density at radius 3 is 2.25 bits per heavy atom. The predicted octanol–water partition coefficient (Wildman–Crippen LogP) is 4.63. The van der Waals surface area contributed by atoms with Crippen LogP contribution in [0, 0.1) is 5.92 Å². The van der Waals surface area contributed by atoms with E-state index in [9.17, 15) is 26.3 Å². The van der Waals surface area contributed by atoms with Crippen molar-refractivity contribution in [1.82, 2.24) is 9.88 Å². The molecule has 1 saturated carbocycles. The van der Waals surface area contributed by atoms with Crippen molar-refractivity contribution < 1.29 is 26.3 Å². The van der Waals surface area contributed by atoms with Crippen LogP contribution >= 0.6 is 0 Å². The van der Waals surface area contributed by atoms with Crippen LogP contribution in [0.2, 0.25) is 0 Å². The van der Waals surface area contributed by atoms with E-state index in [0.717, 1.165) is 17.4 Å². The quantitative estimate of drug-likeness (QED) is 0.778. The van der Waals surface area contributed by atoms with Gasteiger partial charge >= 0.3 is 12.4 Å². The highest BCUT2D eigenvalue weighted by molar-refractivity contribution is 5.83. The van der Waals surface area contributed by atoms with E-state index in [4.69, 9.17) is 0 Å². The zero-order valence-corrected chi connectivity index (χ0v) is 12.6. The number of nitrogens with zero attached hydrogens (tertiary/aromatic N) is 1. The standard InChI is InChI=1S/C16H16F6N2/c17-15(18,19)14(16(20,21)22)9-24-8-10(7-23-11-5-6-11)12-3-1-2-4-13(12)24/h1-4,8,11,14,23H,5-7,9H2. The largest absolute Gasteiger partial charge is 0.402 e. The van der Waals surface area contributed by atoms with Crippen LogP contribution in [0.15, 0.2) is 30.5 Å². The van der Waals surface area contributed by atoms with E-state index in [1.165, 1.54) is 6.20 Å². The Balaban J connectivity index is 1.93. The van der Waals surface area contributed by atoms with Crippen LogP contribution in [0.3, 0.4) is 0 Å². The minimum atomic E-state index is -5.34. The van der Waals surface area contributed by atoms with Crippen LogP contribution in [0.1, 0.15) is 18.4 Å². The second-order valence-corrected chi connectivity index (χ2v) is 6.11. The van der Waals surface area contributed by atoms with E-state index in [1.54, 1.807) is 24.3 Å². The van der Waals surface area contributed by atoms with Crippen LogP contribution in [0.25, 0.3) is 10.9 Å². The van der Waals surface area contributed by atoms with Crippen molar-refractivity contribution >= 4 is 10.9 Å². The van der Waals surface area contributed by atoms with E-state index in [1.807, 2.05) is 0 Å². The molecular weight excluding hydrogens is 334 g/mol. The van der Waals surface area contributed by atoms with Gasteiger partial charge in [0.05, 0.1) is 0 Å². The van der Waals surface area contributed by atoms with Crippen molar-refractivity contribution in [2.45, 2.75) is 44.3 Å². The summed E-state index contributed by atoms with van der Waals surface area (Å²) in [5, 5.41) is 3.91. The summed E-state index contributed by atoms with van der Waals surface area (Å²) in [4.78, 5) is 0. The van der Waals surface area contributed by atoms with E-state index >= 15 is 0 Å². The summed E-state index contributed by atoms with van der Waals surface area (Å²) in [6, 6.07) is 6.97. The second kappa shape index (κ2) is 5.98. The second-order valence-electron chi connectivity index (χ2n) is 6.11. The van der Waals surface area contributed by atoms with Gasteiger partial charge in [0.1, 0.15) is 0 Å². The highest BCUT2D eigenvalue weighted by Crippen LogP contribution is 2.41. The van der Waals surface area contributed by atoms with Gasteiger partial charge in [0, 0.05) is 36.2 Å². The first-order chi connectivity index (χ1) is 11.2. The monoisotopic (exact) mass is 350 g/mol. The lowest BCUT2D eigenvalue weighted by atomic mass is 10.1. The molecule has 8 heteroatoms. The highest BCUT2D eigenvalue weighted by atomic mass is 19.4. The maximum Gasteiger partial charge on any atom is 0.402 e. The van der Waals surface area contributed by atoms with Crippen LogP contribution < -0.4 is 5.32 Å². The molecule has 0 amide bonds. The van der Waals surface area contributed by atoms with Crippen molar-refractivity contribution in [3.05, 3.63) is 36.0 Å². The van der Waals surface area contributed by atoms with Crippen molar-refractivity contribution in [3.63, 3.8) is 0 Å². The predicted molar refractivity (Wildman–Crippen MR) is 77.4 cm³/mol. The summed E-state index contributed by atoms with van der Waals surface area (Å²) < 4.78 is 78.0. The van der Waals surface area contributed by atoms with Crippen LogP contribution in [-0.4, -0.2) is 23.0 Å². The molecule has 1 aromatic carbocycles. The third-order valence-corrected chi connectivity index (χ3v) is 4.20. The maximum absolute atomic E-state index is 12.8. The number of benzene rings is 1. The van der Waals surface area contributed by atoms with Crippen LogP contribution in [-0.2, 0) is 13.1 Å². The Morgan fingerprint density at radius 1 is 1.04 bits per heavy atom. The molecule has 0 bridgehead atoms. The van der Waals surface area contributed by atoms with Gasteiger partial charge in [-0.25, -0.2) is 0 Å². The van der Waals surface area contributed by atoms with Crippen LogP contribution in [0.4, 0.5) is 26.3 Å². The molecule has 1 fully saturated rings. The zero-order valence-electron chi connectivity index (χ0n) is 12.6. The van der Waals surface area contributed by atoms with Gasteiger partial charge in [-0.1, -0.05) is 18.2 Å². The third kappa shape index (κ3) is 3.68. The van der Waals surface area contributed by atoms with Gasteiger partial charge in [0.15, 0.2) is 5.92 Å². The van der Waals surface area contributed by atoms with Gasteiger partial charge in [-0.05, 0) is 24.5 Å². The number of alkyl halides is 6. The smallest absolute Gasteiger partial charge is 0.346 e. The fourth-order valence-corrected chi connectivity index (χ4v) is 2.75. The number of aromatic nitrogens is 1. The Bertz CT molecular complexity index is 697. The maximum atomic E-state index is 12.8. The van der Waals surface area contributed by atoms with Gasteiger partial charge < -0.3 is 9.88 Å². The summed E-state index contributed by atoms with van der Waals surface area (Å²) in [6.07, 6.45) is -7.19. The Hall–Kier alpha value is -1.70. The number of nitrogens with one attached hydrogen (secondary N) is 1. The summed E-state index contributed by atoms with van der Waals surface area (Å²) in [6.45, 7) is -0.738. The number of fused-ring (bicyclic) bond motifs is 1. The molecule has 1 aliphatic carbocycles. The number of hydrogen-bond acceptors (Lipinski definition) is 1. The Labute approximate surface area is 134 Å². The van der Waals surface area contributed by atoms with Gasteiger partial charge in [0.2, 0.25) is 0 Å². The van der Waals surface area contributed by atoms with Gasteiger partial charge in [0.25, 0.3) is 0 Å². The lowest BCUT2D eigenvalue weighted by molar-refractivity contribution is -0.287. The van der Waals surface area contributed by atoms with Gasteiger partial charge in [-0.2, -0.15) is 26.3 Å². The molecule has 3 rings (SSSR count). The first-order valence-electron chi connectivity index (χ1n) is 7.60. The first-order valence-corrected chi connectivity index (χ1v) is 7.60. The summed E-state index contributed by atoms with van der Waals surface area (Å²) in [5.41, 5.74) is 1.09. The van der Waals surface area contributed by atoms with Crippen LogP contribution in [0.5, 0.6) is 0 Å². The fourth-order valence-electron chi connectivity index (χ4n) is 2.75. The first kappa shape index (κ1) is 17.1. The van der Waals surface area contributed by atoms with E-state index in [-0.39, 0.29) is 0 Å². The minimum Gasteiger partial charge on any atom is -0.346 e. The number of rotatable bonds is 5. The molecule has 0 spiro atoms. The molecule has 0 radical (unpaired) electrons. The average molecular weight is 350 g/mol. The molecule has 1 aliphatic rings. The van der Waals surface area contributed by atoms with E-state index in [2.05, 4.69) is 5.32 Å². The van der Waals surface area contributed by atoms with Gasteiger partial charge in [-0.3, -0.25) is 0 Å². The van der Waals surface area contributed by atoms with Crippen molar-refractivity contribution in [1.29, 1.82) is 0 Å². The molecule has 132 valence electrons. The van der Waals surface area contributed by atoms with Gasteiger partial charge in [-0.15, -0.1) is 0 Å². The van der Waals surface area contributed by atoms with Crippen molar-refractivity contribution in [2.75, 3.05) is 0 Å². The molecule has 1 aromatic heterocycles. The van der Waals surface area contributed by atoms with Crippen molar-refractivity contribution in [3.8, 4) is 0 Å². The topological polar surface area (TPSA) is 17.0 Å². The molecule has 1 N–H and O–H groups in total. The summed E-state index contributed by atoms with van der Waals surface area (Å²) in [5.74, 6) is -3.38. The molecule has 24 heavy (non-hydrogen) atoms. The lowest BCUT2D eigenvalue weighted by Gasteiger charge is -2.23. The fraction of sp³-hybridized carbons (Fsp3) is 0.500. The summed E-state index contributed by atoms with van der Waals surface area (Å²) >= 11 is 0. The molecule has 0 atom stereocenters. The molecule has 2 aromatic rings. The molecule has 2 nitrogen and oxygen atoms in total. The third-order valence-electron chi connectivity index (χ3n) is 4.20. The molecule has 1 heterocycles. The number of hydrogen-bond donors (Lipinski definition) is 1. The molecule has 0 unspecified atom stereocenters. The zero-order chi connectivity index (χ0) is 17.5. The highest BCUT2D eigenvalue weighted by Gasteiger charge is 2.56. The average Bonchev–Trinajstić information content (AvgIpc) is 3.22.